The van der Waals surface area contributed by atoms with Gasteiger partial charge >= 0.3 is 0 Å². The summed E-state index contributed by atoms with van der Waals surface area (Å²) in [6.07, 6.45) is 3.71. The Morgan fingerprint density at radius 1 is 1.05 bits per heavy atom. The lowest BCUT2D eigenvalue weighted by Crippen LogP contribution is -1.98. The zero-order valence-corrected chi connectivity index (χ0v) is 13.1. The molecule has 0 aliphatic heterocycles. The molecule has 0 aliphatic carbocycles. The Balaban J connectivity index is 2.58. The Labute approximate surface area is 126 Å². The first-order valence-electron chi connectivity index (χ1n) is 7.52. The second-order valence-corrected chi connectivity index (χ2v) is 5.22. The molecular formula is C18H24O3. The lowest BCUT2D eigenvalue weighted by molar-refractivity contribution is 0.288. The van der Waals surface area contributed by atoms with Gasteiger partial charge in [-0.3, -0.25) is 0 Å². The van der Waals surface area contributed by atoms with E-state index in [1.807, 2.05) is 6.07 Å². The molecule has 0 spiro atoms. The number of aliphatic hydroxyl groups excluding tert-OH is 1. The van der Waals surface area contributed by atoms with Crippen LogP contribution in [-0.4, -0.2) is 25.9 Å². The maximum absolute atomic E-state index is 8.97. The molecule has 0 unspecified atom stereocenters. The van der Waals surface area contributed by atoms with E-state index < -0.39 is 0 Å². The molecule has 3 nitrogen and oxygen atoms in total. The molecule has 114 valence electrons. The van der Waals surface area contributed by atoms with Gasteiger partial charge in [0, 0.05) is 12.2 Å². The third-order valence-electron chi connectivity index (χ3n) is 3.77. The van der Waals surface area contributed by atoms with Gasteiger partial charge in [0.1, 0.15) is 0 Å². The highest BCUT2D eigenvalue weighted by molar-refractivity contribution is 5.90. The molecule has 0 amide bonds. The van der Waals surface area contributed by atoms with Crippen molar-refractivity contribution < 1.29 is 14.6 Å². The Kier molecular flexibility index (Phi) is 5.45. The zero-order chi connectivity index (χ0) is 15.2. The molecule has 0 heterocycles. The number of ether oxygens (including phenoxy) is 2. The lowest BCUT2D eigenvalue weighted by atomic mass is 9.96. The number of hydrogen-bond acceptors (Lipinski definition) is 3. The molecule has 0 aliphatic rings. The molecule has 0 saturated carbocycles. The van der Waals surface area contributed by atoms with Crippen LogP contribution >= 0.6 is 0 Å². The van der Waals surface area contributed by atoms with Crippen molar-refractivity contribution in [1.82, 2.24) is 0 Å². The molecule has 0 fully saturated rings. The van der Waals surface area contributed by atoms with E-state index in [2.05, 4.69) is 25.1 Å². The van der Waals surface area contributed by atoms with Crippen LogP contribution in [0, 0.1) is 0 Å². The van der Waals surface area contributed by atoms with E-state index in [-0.39, 0.29) is 6.61 Å². The minimum Gasteiger partial charge on any atom is -0.493 e. The van der Waals surface area contributed by atoms with Gasteiger partial charge in [-0.2, -0.15) is 0 Å². The maximum Gasteiger partial charge on any atom is 0.164 e. The van der Waals surface area contributed by atoms with Crippen molar-refractivity contribution in [2.24, 2.45) is 0 Å². The van der Waals surface area contributed by atoms with E-state index in [1.54, 1.807) is 14.2 Å². The molecule has 0 radical (unpaired) electrons. The minimum atomic E-state index is 0.227. The van der Waals surface area contributed by atoms with Crippen molar-refractivity contribution in [3.63, 3.8) is 0 Å². The number of aryl methyl sites for hydroxylation is 2. The van der Waals surface area contributed by atoms with Crippen LogP contribution in [0.5, 0.6) is 11.5 Å². The highest BCUT2D eigenvalue weighted by Crippen LogP contribution is 2.38. The summed E-state index contributed by atoms with van der Waals surface area (Å²) in [4.78, 5) is 0. The monoisotopic (exact) mass is 288 g/mol. The molecule has 1 N–H and O–H groups in total. The number of rotatable bonds is 7. The van der Waals surface area contributed by atoms with Crippen LogP contribution in [0.2, 0.25) is 0 Å². The molecule has 3 heteroatoms. The Morgan fingerprint density at radius 3 is 2.48 bits per heavy atom. The standard InChI is InChI=1S/C18H24O3/c1-4-6-16-15-9-8-13(7-5-10-19)11-14(15)12-17(20-2)18(16)21-3/h8-9,11-12,19H,4-7,10H2,1-3H3. The van der Waals surface area contributed by atoms with Crippen molar-refractivity contribution in [2.45, 2.75) is 32.6 Å². The molecule has 2 aromatic carbocycles. The van der Waals surface area contributed by atoms with Gasteiger partial charge in [0.15, 0.2) is 11.5 Å². The van der Waals surface area contributed by atoms with Crippen molar-refractivity contribution >= 4 is 10.8 Å². The zero-order valence-electron chi connectivity index (χ0n) is 13.1. The first-order chi connectivity index (χ1) is 10.2. The highest BCUT2D eigenvalue weighted by atomic mass is 16.5. The second-order valence-electron chi connectivity index (χ2n) is 5.22. The van der Waals surface area contributed by atoms with Crippen LogP contribution in [0.3, 0.4) is 0 Å². The second kappa shape index (κ2) is 7.32. The Hall–Kier alpha value is -1.74. The van der Waals surface area contributed by atoms with Gasteiger partial charge in [-0.1, -0.05) is 31.5 Å². The van der Waals surface area contributed by atoms with Crippen molar-refractivity contribution in [2.75, 3.05) is 20.8 Å². The third-order valence-corrected chi connectivity index (χ3v) is 3.77. The van der Waals surface area contributed by atoms with Crippen LogP contribution in [-0.2, 0) is 12.8 Å². The molecule has 0 saturated heterocycles. The van der Waals surface area contributed by atoms with Crippen molar-refractivity contribution in [1.29, 1.82) is 0 Å². The fourth-order valence-corrected chi connectivity index (χ4v) is 2.80. The predicted octanol–water partition coefficient (Wildman–Crippen LogP) is 3.73. The first kappa shape index (κ1) is 15.6. The molecular weight excluding hydrogens is 264 g/mol. The Bertz CT molecular complexity index is 605. The van der Waals surface area contributed by atoms with Gasteiger partial charge in [0.2, 0.25) is 0 Å². The molecule has 2 aromatic rings. The van der Waals surface area contributed by atoms with Gasteiger partial charge < -0.3 is 14.6 Å². The van der Waals surface area contributed by atoms with E-state index in [9.17, 15) is 0 Å². The molecule has 0 aromatic heterocycles. The fourth-order valence-electron chi connectivity index (χ4n) is 2.80. The van der Waals surface area contributed by atoms with E-state index in [0.717, 1.165) is 37.2 Å². The summed E-state index contributed by atoms with van der Waals surface area (Å²) in [6.45, 7) is 2.39. The van der Waals surface area contributed by atoms with E-state index >= 15 is 0 Å². The smallest absolute Gasteiger partial charge is 0.164 e. The van der Waals surface area contributed by atoms with Gasteiger partial charge in [-0.25, -0.2) is 0 Å². The quantitative estimate of drug-likeness (QED) is 0.843. The van der Waals surface area contributed by atoms with E-state index in [0.29, 0.717) is 0 Å². The maximum atomic E-state index is 8.97. The number of methoxy groups -OCH3 is 2. The topological polar surface area (TPSA) is 38.7 Å². The summed E-state index contributed by atoms with van der Waals surface area (Å²) in [5, 5.41) is 11.4. The lowest BCUT2D eigenvalue weighted by Gasteiger charge is -2.16. The minimum absolute atomic E-state index is 0.227. The average Bonchev–Trinajstić information content (AvgIpc) is 2.52. The summed E-state index contributed by atoms with van der Waals surface area (Å²) in [6, 6.07) is 8.53. The van der Waals surface area contributed by atoms with Gasteiger partial charge in [0.25, 0.3) is 0 Å². The van der Waals surface area contributed by atoms with Gasteiger partial charge in [-0.15, -0.1) is 0 Å². The van der Waals surface area contributed by atoms with Crippen LogP contribution in [0.15, 0.2) is 24.3 Å². The molecule has 21 heavy (non-hydrogen) atoms. The van der Waals surface area contributed by atoms with Crippen LogP contribution in [0.4, 0.5) is 0 Å². The summed E-state index contributed by atoms with van der Waals surface area (Å²) in [5.74, 6) is 1.63. The normalized spacial score (nSPS) is 10.9. The van der Waals surface area contributed by atoms with Gasteiger partial charge in [0.05, 0.1) is 14.2 Å². The summed E-state index contributed by atoms with van der Waals surface area (Å²) < 4.78 is 11.1. The van der Waals surface area contributed by atoms with Crippen LogP contribution < -0.4 is 9.47 Å². The molecule has 2 rings (SSSR count). The number of benzene rings is 2. The molecule has 0 atom stereocenters. The van der Waals surface area contributed by atoms with Crippen LogP contribution in [0.1, 0.15) is 30.9 Å². The SMILES string of the molecule is CCCc1c(OC)c(OC)cc2cc(CCCO)ccc12. The third kappa shape index (κ3) is 3.30. The van der Waals surface area contributed by atoms with E-state index in [4.69, 9.17) is 14.6 Å². The fraction of sp³-hybridized carbons (Fsp3) is 0.444. The number of aliphatic hydroxyl groups is 1. The average molecular weight is 288 g/mol. The summed E-state index contributed by atoms with van der Waals surface area (Å²) in [5.41, 5.74) is 2.45. The summed E-state index contributed by atoms with van der Waals surface area (Å²) in [7, 11) is 3.37. The first-order valence-corrected chi connectivity index (χ1v) is 7.52. The highest BCUT2D eigenvalue weighted by Gasteiger charge is 2.14. The largest absolute Gasteiger partial charge is 0.493 e. The van der Waals surface area contributed by atoms with Crippen molar-refractivity contribution in [3.05, 3.63) is 35.4 Å². The number of fused-ring (bicyclic) bond motifs is 1. The molecule has 0 bridgehead atoms. The number of hydrogen-bond donors (Lipinski definition) is 1. The van der Waals surface area contributed by atoms with E-state index in [1.165, 1.54) is 21.9 Å². The predicted molar refractivity (Wildman–Crippen MR) is 86.5 cm³/mol. The Morgan fingerprint density at radius 2 is 1.86 bits per heavy atom. The summed E-state index contributed by atoms with van der Waals surface area (Å²) >= 11 is 0. The van der Waals surface area contributed by atoms with Gasteiger partial charge in [-0.05, 0) is 41.7 Å². The van der Waals surface area contributed by atoms with Crippen molar-refractivity contribution in [3.8, 4) is 11.5 Å². The van der Waals surface area contributed by atoms with Crippen LogP contribution in [0.25, 0.3) is 10.8 Å².